The molecule has 0 fully saturated rings. The Labute approximate surface area is 125 Å². The largest absolute Gasteiger partial charge is 0.325 e. The Balaban J connectivity index is 2.07. The minimum absolute atomic E-state index is 0.0820. The summed E-state index contributed by atoms with van der Waals surface area (Å²) in [6, 6.07) is 7.18. The van der Waals surface area contributed by atoms with Gasteiger partial charge in [0.05, 0.1) is 6.33 Å². The Morgan fingerprint density at radius 1 is 1.26 bits per heavy atom. The molecule has 19 heavy (non-hydrogen) atoms. The van der Waals surface area contributed by atoms with Crippen LogP contribution in [-0.4, -0.2) is 15.5 Å². The molecule has 1 heterocycles. The standard InChI is InChI=1S/C12H9Br2N3O2/c13-8-1-3-9(4-2-8)16-11(18)6-17-7-15-5-10(14)12(17)19/h1-5,7H,6H2,(H,16,18). The Morgan fingerprint density at radius 2 is 1.95 bits per heavy atom. The van der Waals surface area contributed by atoms with E-state index in [9.17, 15) is 9.59 Å². The van der Waals surface area contributed by atoms with Gasteiger partial charge in [-0.25, -0.2) is 4.98 Å². The van der Waals surface area contributed by atoms with Gasteiger partial charge in [-0.05, 0) is 40.2 Å². The average molecular weight is 387 g/mol. The number of carbonyl (C=O) groups excluding carboxylic acids is 1. The topological polar surface area (TPSA) is 64.0 Å². The summed E-state index contributed by atoms with van der Waals surface area (Å²) in [7, 11) is 0. The van der Waals surface area contributed by atoms with Gasteiger partial charge in [0.2, 0.25) is 5.91 Å². The second kappa shape index (κ2) is 6.12. The van der Waals surface area contributed by atoms with Gasteiger partial charge in [0.15, 0.2) is 0 Å². The molecule has 5 nitrogen and oxygen atoms in total. The minimum Gasteiger partial charge on any atom is -0.325 e. The molecular weight excluding hydrogens is 378 g/mol. The first-order valence-corrected chi connectivity index (χ1v) is 6.90. The zero-order valence-electron chi connectivity index (χ0n) is 9.64. The molecule has 0 bridgehead atoms. The van der Waals surface area contributed by atoms with Gasteiger partial charge in [-0.3, -0.25) is 14.2 Å². The number of aromatic nitrogens is 2. The number of nitrogens with zero attached hydrogens (tertiary/aromatic N) is 2. The van der Waals surface area contributed by atoms with E-state index in [2.05, 4.69) is 42.2 Å². The Hall–Kier alpha value is -1.47. The van der Waals surface area contributed by atoms with Crippen LogP contribution in [0, 0.1) is 0 Å². The monoisotopic (exact) mass is 385 g/mol. The molecule has 0 radical (unpaired) electrons. The van der Waals surface area contributed by atoms with Crippen molar-refractivity contribution in [2.45, 2.75) is 6.54 Å². The molecule has 0 aliphatic heterocycles. The highest BCUT2D eigenvalue weighted by Gasteiger charge is 2.07. The van der Waals surface area contributed by atoms with Crippen LogP contribution < -0.4 is 10.9 Å². The van der Waals surface area contributed by atoms with Gasteiger partial charge in [0.1, 0.15) is 11.0 Å². The molecule has 0 saturated carbocycles. The molecule has 1 N–H and O–H groups in total. The Bertz CT molecular complexity index is 653. The summed E-state index contributed by atoms with van der Waals surface area (Å²) < 4.78 is 2.49. The number of halogens is 2. The molecule has 0 atom stereocenters. The first-order chi connectivity index (χ1) is 9.06. The lowest BCUT2D eigenvalue weighted by atomic mass is 10.3. The van der Waals surface area contributed by atoms with Gasteiger partial charge >= 0.3 is 0 Å². The summed E-state index contributed by atoms with van der Waals surface area (Å²) in [5.74, 6) is -0.288. The first-order valence-electron chi connectivity index (χ1n) is 5.31. The van der Waals surface area contributed by atoms with Crippen molar-refractivity contribution in [1.82, 2.24) is 9.55 Å². The van der Waals surface area contributed by atoms with Crippen molar-refractivity contribution in [1.29, 1.82) is 0 Å². The lowest BCUT2D eigenvalue weighted by Crippen LogP contribution is -2.28. The fourth-order valence-electron chi connectivity index (χ4n) is 1.43. The van der Waals surface area contributed by atoms with E-state index in [4.69, 9.17) is 0 Å². The fraction of sp³-hybridized carbons (Fsp3) is 0.0833. The molecule has 1 aromatic heterocycles. The van der Waals surface area contributed by atoms with Crippen LogP contribution in [0.2, 0.25) is 0 Å². The van der Waals surface area contributed by atoms with Crippen molar-refractivity contribution >= 4 is 43.5 Å². The van der Waals surface area contributed by atoms with Crippen LogP contribution in [0.15, 0.2) is 50.5 Å². The smallest absolute Gasteiger partial charge is 0.268 e. The van der Waals surface area contributed by atoms with Gasteiger partial charge < -0.3 is 5.32 Å². The maximum Gasteiger partial charge on any atom is 0.268 e. The molecule has 0 aliphatic rings. The second-order valence-electron chi connectivity index (χ2n) is 3.73. The van der Waals surface area contributed by atoms with E-state index in [0.717, 1.165) is 4.47 Å². The lowest BCUT2D eigenvalue weighted by molar-refractivity contribution is -0.116. The third kappa shape index (κ3) is 3.74. The molecule has 0 unspecified atom stereocenters. The SMILES string of the molecule is O=C(Cn1cncc(Br)c1=O)Nc1ccc(Br)cc1. The van der Waals surface area contributed by atoms with Gasteiger partial charge in [0, 0.05) is 16.4 Å². The number of amides is 1. The van der Waals surface area contributed by atoms with Crippen LogP contribution in [-0.2, 0) is 11.3 Å². The summed E-state index contributed by atoms with van der Waals surface area (Å²) >= 11 is 6.39. The van der Waals surface area contributed by atoms with E-state index in [1.165, 1.54) is 17.1 Å². The van der Waals surface area contributed by atoms with E-state index in [1.54, 1.807) is 12.1 Å². The number of carbonyl (C=O) groups is 1. The summed E-state index contributed by atoms with van der Waals surface area (Å²) in [6.07, 6.45) is 2.72. The highest BCUT2D eigenvalue weighted by Crippen LogP contribution is 2.13. The van der Waals surface area contributed by atoms with Gasteiger partial charge in [0.25, 0.3) is 5.56 Å². The van der Waals surface area contributed by atoms with Crippen molar-refractivity contribution < 1.29 is 4.79 Å². The van der Waals surface area contributed by atoms with Crippen molar-refractivity contribution in [3.05, 3.63) is 56.1 Å². The number of nitrogens with one attached hydrogen (secondary N) is 1. The third-order valence-electron chi connectivity index (χ3n) is 2.30. The highest BCUT2D eigenvalue weighted by atomic mass is 79.9. The number of benzene rings is 1. The minimum atomic E-state index is -0.291. The van der Waals surface area contributed by atoms with Crippen molar-refractivity contribution in [3.63, 3.8) is 0 Å². The van der Waals surface area contributed by atoms with E-state index in [1.807, 2.05) is 12.1 Å². The normalized spacial score (nSPS) is 10.2. The van der Waals surface area contributed by atoms with E-state index < -0.39 is 0 Å². The zero-order valence-corrected chi connectivity index (χ0v) is 12.8. The van der Waals surface area contributed by atoms with Crippen LogP contribution in [0.1, 0.15) is 0 Å². The Kier molecular flexibility index (Phi) is 4.49. The molecular formula is C12H9Br2N3O2. The first kappa shape index (κ1) is 14.0. The van der Waals surface area contributed by atoms with Gasteiger partial charge in [-0.15, -0.1) is 0 Å². The molecule has 7 heteroatoms. The predicted octanol–water partition coefficient (Wildman–Crippen LogP) is 2.41. The van der Waals surface area contributed by atoms with E-state index >= 15 is 0 Å². The van der Waals surface area contributed by atoms with Crippen LogP contribution in [0.25, 0.3) is 0 Å². The molecule has 0 spiro atoms. The lowest BCUT2D eigenvalue weighted by Gasteiger charge is -2.07. The van der Waals surface area contributed by atoms with Crippen LogP contribution >= 0.6 is 31.9 Å². The molecule has 1 aromatic carbocycles. The molecule has 0 saturated heterocycles. The highest BCUT2D eigenvalue weighted by molar-refractivity contribution is 9.10. The van der Waals surface area contributed by atoms with Crippen molar-refractivity contribution in [2.75, 3.05) is 5.32 Å². The zero-order chi connectivity index (χ0) is 13.8. The predicted molar refractivity (Wildman–Crippen MR) is 79.0 cm³/mol. The maximum absolute atomic E-state index is 11.8. The molecule has 2 rings (SSSR count). The molecule has 0 aliphatic carbocycles. The fourth-order valence-corrected chi connectivity index (χ4v) is 2.04. The van der Waals surface area contributed by atoms with Crippen LogP contribution in [0.5, 0.6) is 0 Å². The van der Waals surface area contributed by atoms with E-state index in [-0.39, 0.29) is 18.0 Å². The summed E-state index contributed by atoms with van der Waals surface area (Å²) in [4.78, 5) is 27.3. The summed E-state index contributed by atoms with van der Waals surface area (Å²) in [5, 5.41) is 2.70. The quantitative estimate of drug-likeness (QED) is 0.880. The molecule has 1 amide bonds. The average Bonchev–Trinajstić information content (AvgIpc) is 2.38. The number of hydrogen-bond donors (Lipinski definition) is 1. The van der Waals surface area contributed by atoms with Crippen LogP contribution in [0.3, 0.4) is 0 Å². The van der Waals surface area contributed by atoms with Crippen LogP contribution in [0.4, 0.5) is 5.69 Å². The number of rotatable bonds is 3. The number of hydrogen-bond acceptors (Lipinski definition) is 3. The van der Waals surface area contributed by atoms with Gasteiger partial charge in [-0.1, -0.05) is 15.9 Å². The molecule has 2 aromatic rings. The van der Waals surface area contributed by atoms with E-state index in [0.29, 0.717) is 10.2 Å². The third-order valence-corrected chi connectivity index (χ3v) is 3.37. The number of anilines is 1. The maximum atomic E-state index is 11.8. The van der Waals surface area contributed by atoms with Crippen molar-refractivity contribution in [3.8, 4) is 0 Å². The molecule has 98 valence electrons. The Morgan fingerprint density at radius 3 is 2.63 bits per heavy atom. The second-order valence-corrected chi connectivity index (χ2v) is 5.50. The summed E-state index contributed by atoms with van der Waals surface area (Å²) in [6.45, 7) is -0.0820. The van der Waals surface area contributed by atoms with Crippen molar-refractivity contribution in [2.24, 2.45) is 0 Å². The summed E-state index contributed by atoms with van der Waals surface area (Å²) in [5.41, 5.74) is 0.380. The van der Waals surface area contributed by atoms with Gasteiger partial charge in [-0.2, -0.15) is 0 Å².